The van der Waals surface area contributed by atoms with E-state index >= 15 is 0 Å². The molecule has 1 aliphatic heterocycles. The second-order valence-electron chi connectivity index (χ2n) is 5.65. The number of hydrogen-bond donors (Lipinski definition) is 1. The van der Waals surface area contributed by atoms with Crippen molar-refractivity contribution >= 4 is 17.5 Å². The maximum absolute atomic E-state index is 11.5. The molecule has 1 N–H and O–H groups in total. The van der Waals surface area contributed by atoms with E-state index in [1.807, 2.05) is 30.9 Å². The first kappa shape index (κ1) is 14.5. The van der Waals surface area contributed by atoms with E-state index in [9.17, 15) is 4.79 Å². The Balaban J connectivity index is 1.79. The van der Waals surface area contributed by atoms with Gasteiger partial charge in [0.2, 0.25) is 5.91 Å². The standard InChI is InChI=1S/C15H19N5O2/c1-9-6-13(17-14-7-10(2)22-19-14)18-15(16-9)12-4-5-20(8-12)11(3)21/h6-7,12H,4-5,8H2,1-3H3,(H,16,17,18,19). The molecule has 2 aromatic rings. The summed E-state index contributed by atoms with van der Waals surface area (Å²) in [5.41, 5.74) is 0.883. The molecule has 2 aromatic heterocycles. The summed E-state index contributed by atoms with van der Waals surface area (Å²) in [6.45, 7) is 6.81. The smallest absolute Gasteiger partial charge is 0.219 e. The number of aromatic nitrogens is 3. The Hall–Kier alpha value is -2.44. The second-order valence-corrected chi connectivity index (χ2v) is 5.65. The van der Waals surface area contributed by atoms with Gasteiger partial charge in [-0.15, -0.1) is 0 Å². The first-order valence-electron chi connectivity index (χ1n) is 7.32. The lowest BCUT2D eigenvalue weighted by Gasteiger charge is -2.14. The van der Waals surface area contributed by atoms with Crippen LogP contribution in [0.25, 0.3) is 0 Å². The van der Waals surface area contributed by atoms with Crippen LogP contribution in [0.4, 0.5) is 11.6 Å². The van der Waals surface area contributed by atoms with E-state index in [-0.39, 0.29) is 11.8 Å². The summed E-state index contributed by atoms with van der Waals surface area (Å²) < 4.78 is 5.04. The molecule has 3 heterocycles. The molecule has 1 atom stereocenters. The van der Waals surface area contributed by atoms with Crippen LogP contribution in [0, 0.1) is 13.8 Å². The molecule has 7 nitrogen and oxygen atoms in total. The normalized spacial score (nSPS) is 17.8. The third-order valence-electron chi connectivity index (χ3n) is 3.75. The summed E-state index contributed by atoms with van der Waals surface area (Å²) in [6, 6.07) is 3.68. The van der Waals surface area contributed by atoms with Crippen molar-refractivity contribution in [3.63, 3.8) is 0 Å². The zero-order chi connectivity index (χ0) is 15.7. The van der Waals surface area contributed by atoms with Crippen LogP contribution in [0.3, 0.4) is 0 Å². The third-order valence-corrected chi connectivity index (χ3v) is 3.75. The van der Waals surface area contributed by atoms with Crippen LogP contribution < -0.4 is 5.32 Å². The van der Waals surface area contributed by atoms with Gasteiger partial charge in [0.25, 0.3) is 0 Å². The molecule has 1 amide bonds. The number of nitrogens with zero attached hydrogens (tertiary/aromatic N) is 4. The number of nitrogens with one attached hydrogen (secondary N) is 1. The minimum Gasteiger partial charge on any atom is -0.360 e. The van der Waals surface area contributed by atoms with Crippen LogP contribution in [-0.2, 0) is 4.79 Å². The Labute approximate surface area is 128 Å². The fourth-order valence-electron chi connectivity index (χ4n) is 2.65. The minimum atomic E-state index is 0.103. The number of amides is 1. The Bertz CT molecular complexity index is 697. The molecule has 0 radical (unpaired) electrons. The summed E-state index contributed by atoms with van der Waals surface area (Å²) in [4.78, 5) is 22.4. The molecule has 1 fully saturated rings. The van der Waals surface area contributed by atoms with Crippen LogP contribution in [0.5, 0.6) is 0 Å². The molecule has 0 aromatic carbocycles. The van der Waals surface area contributed by atoms with Gasteiger partial charge in [0.05, 0.1) is 0 Å². The topological polar surface area (TPSA) is 84.2 Å². The van der Waals surface area contributed by atoms with Crippen LogP contribution in [0.15, 0.2) is 16.7 Å². The first-order valence-corrected chi connectivity index (χ1v) is 7.32. The highest BCUT2D eigenvalue weighted by atomic mass is 16.5. The number of carbonyl (C=O) groups is 1. The number of aryl methyl sites for hydroxylation is 2. The molecule has 116 valence electrons. The highest BCUT2D eigenvalue weighted by molar-refractivity contribution is 5.73. The van der Waals surface area contributed by atoms with E-state index in [2.05, 4.69) is 20.4 Å². The number of anilines is 2. The van der Waals surface area contributed by atoms with E-state index in [4.69, 9.17) is 4.52 Å². The number of carbonyl (C=O) groups excluding carboxylic acids is 1. The molecule has 1 aliphatic rings. The van der Waals surface area contributed by atoms with Crippen molar-refractivity contribution in [1.29, 1.82) is 0 Å². The molecule has 0 aliphatic carbocycles. The molecular formula is C15H19N5O2. The van der Waals surface area contributed by atoms with Gasteiger partial charge >= 0.3 is 0 Å². The Morgan fingerprint density at radius 2 is 2.14 bits per heavy atom. The largest absolute Gasteiger partial charge is 0.360 e. The zero-order valence-corrected chi connectivity index (χ0v) is 13.0. The Kier molecular flexibility index (Phi) is 3.79. The number of rotatable bonds is 3. The zero-order valence-electron chi connectivity index (χ0n) is 13.0. The second kappa shape index (κ2) is 5.75. The molecule has 1 unspecified atom stereocenters. The lowest BCUT2D eigenvalue weighted by atomic mass is 10.1. The van der Waals surface area contributed by atoms with E-state index < -0.39 is 0 Å². The number of likely N-dealkylation sites (tertiary alicyclic amines) is 1. The first-order chi connectivity index (χ1) is 10.5. The predicted octanol–water partition coefficient (Wildman–Crippen LogP) is 2.16. The van der Waals surface area contributed by atoms with Crippen LogP contribution in [-0.4, -0.2) is 39.0 Å². The van der Waals surface area contributed by atoms with Crippen molar-refractivity contribution in [1.82, 2.24) is 20.0 Å². The molecule has 0 bridgehead atoms. The summed E-state index contributed by atoms with van der Waals surface area (Å²) in [6.07, 6.45) is 0.894. The highest BCUT2D eigenvalue weighted by Gasteiger charge is 2.27. The van der Waals surface area contributed by atoms with E-state index in [1.54, 1.807) is 6.92 Å². The maximum atomic E-state index is 11.5. The molecule has 22 heavy (non-hydrogen) atoms. The van der Waals surface area contributed by atoms with Crippen LogP contribution in [0.1, 0.15) is 36.5 Å². The lowest BCUT2D eigenvalue weighted by Crippen LogP contribution is -2.25. The quantitative estimate of drug-likeness (QED) is 0.935. The van der Waals surface area contributed by atoms with Gasteiger partial charge in [0.15, 0.2) is 5.82 Å². The van der Waals surface area contributed by atoms with Crippen molar-refractivity contribution in [2.75, 3.05) is 18.4 Å². The fourth-order valence-corrected chi connectivity index (χ4v) is 2.65. The van der Waals surface area contributed by atoms with Gasteiger partial charge in [0, 0.05) is 43.8 Å². The molecule has 3 rings (SSSR count). The van der Waals surface area contributed by atoms with Gasteiger partial charge < -0.3 is 14.7 Å². The average molecular weight is 301 g/mol. The van der Waals surface area contributed by atoms with Crippen molar-refractivity contribution in [2.24, 2.45) is 0 Å². The van der Waals surface area contributed by atoms with Crippen LogP contribution >= 0.6 is 0 Å². The number of hydrogen-bond acceptors (Lipinski definition) is 6. The highest BCUT2D eigenvalue weighted by Crippen LogP contribution is 2.26. The van der Waals surface area contributed by atoms with Gasteiger partial charge in [-0.3, -0.25) is 4.79 Å². The minimum absolute atomic E-state index is 0.103. The maximum Gasteiger partial charge on any atom is 0.219 e. The average Bonchev–Trinajstić information content (AvgIpc) is 3.07. The van der Waals surface area contributed by atoms with E-state index in [0.29, 0.717) is 18.2 Å². The predicted molar refractivity (Wildman–Crippen MR) is 80.9 cm³/mol. The summed E-state index contributed by atoms with van der Waals surface area (Å²) >= 11 is 0. The Morgan fingerprint density at radius 1 is 1.32 bits per heavy atom. The van der Waals surface area contributed by atoms with Crippen molar-refractivity contribution in [3.8, 4) is 0 Å². The van der Waals surface area contributed by atoms with E-state index in [0.717, 1.165) is 30.2 Å². The monoisotopic (exact) mass is 301 g/mol. The fraction of sp³-hybridized carbons (Fsp3) is 0.467. The van der Waals surface area contributed by atoms with Gasteiger partial charge in [-0.25, -0.2) is 9.97 Å². The molecule has 7 heteroatoms. The SMILES string of the molecule is CC(=O)N1CCC(c2nc(C)cc(Nc3cc(C)on3)n2)C1. The van der Waals surface area contributed by atoms with E-state index in [1.165, 1.54) is 0 Å². The molecular weight excluding hydrogens is 282 g/mol. The van der Waals surface area contributed by atoms with Crippen molar-refractivity contribution in [3.05, 3.63) is 29.4 Å². The summed E-state index contributed by atoms with van der Waals surface area (Å²) in [5, 5.41) is 7.03. The van der Waals surface area contributed by atoms with Crippen LogP contribution in [0.2, 0.25) is 0 Å². The lowest BCUT2D eigenvalue weighted by molar-refractivity contribution is -0.127. The molecule has 0 spiro atoms. The van der Waals surface area contributed by atoms with Gasteiger partial charge in [-0.05, 0) is 20.3 Å². The van der Waals surface area contributed by atoms with Crippen molar-refractivity contribution < 1.29 is 9.32 Å². The van der Waals surface area contributed by atoms with Crippen molar-refractivity contribution in [2.45, 2.75) is 33.1 Å². The summed E-state index contributed by atoms with van der Waals surface area (Å²) in [7, 11) is 0. The third kappa shape index (κ3) is 3.08. The van der Waals surface area contributed by atoms with Gasteiger partial charge in [-0.2, -0.15) is 0 Å². The summed E-state index contributed by atoms with van der Waals surface area (Å²) in [5.74, 6) is 3.11. The molecule has 0 saturated carbocycles. The van der Waals surface area contributed by atoms with Gasteiger partial charge in [0.1, 0.15) is 17.4 Å². The van der Waals surface area contributed by atoms with Gasteiger partial charge in [-0.1, -0.05) is 5.16 Å². The molecule has 1 saturated heterocycles. The Morgan fingerprint density at radius 3 is 2.77 bits per heavy atom.